The van der Waals surface area contributed by atoms with Gasteiger partial charge in [-0.2, -0.15) is 0 Å². The average Bonchev–Trinajstić information content (AvgIpc) is 2.11. The second-order valence-electron chi connectivity index (χ2n) is 3.43. The number of ether oxygens (including phenoxy) is 1. The van der Waals surface area contributed by atoms with E-state index in [0.717, 1.165) is 0 Å². The predicted octanol–water partition coefficient (Wildman–Crippen LogP) is 1.98. The quantitative estimate of drug-likeness (QED) is 0.444. The van der Waals surface area contributed by atoms with E-state index < -0.39 is 0 Å². The fourth-order valence-corrected chi connectivity index (χ4v) is 1.08. The van der Waals surface area contributed by atoms with Crippen LogP contribution in [-0.4, -0.2) is 18.4 Å². The number of Topliss-reactive ketones (excluding diaryl/α,β-unsaturated/α-hetero) is 1. The zero-order valence-electron chi connectivity index (χ0n) is 8.96. The van der Waals surface area contributed by atoms with Gasteiger partial charge in [0.25, 0.3) is 0 Å². The monoisotopic (exact) mass is 216 g/mol. The zero-order chi connectivity index (χ0) is 11.3. The summed E-state index contributed by atoms with van der Waals surface area (Å²) in [5.41, 5.74) is 0.683. The number of carbonyl (C=O) groups is 2. The molecule has 0 radical (unpaired) electrons. The van der Waals surface area contributed by atoms with Gasteiger partial charge in [-0.1, -0.05) is 13.8 Å². The summed E-state index contributed by atoms with van der Waals surface area (Å²) in [7, 11) is 0. The first-order valence-corrected chi connectivity index (χ1v) is 4.87. The van der Waals surface area contributed by atoms with Gasteiger partial charge >= 0.3 is 5.97 Å². The Morgan fingerprint density at radius 1 is 1.29 bits per heavy atom. The Morgan fingerprint density at radius 3 is 2.14 bits per heavy atom. The third-order valence-corrected chi connectivity index (χ3v) is 2.26. The molecule has 0 aliphatic rings. The summed E-state index contributed by atoms with van der Waals surface area (Å²) in [6.07, 6.45) is 0. The van der Waals surface area contributed by atoms with Gasteiger partial charge in [-0.3, -0.25) is 9.59 Å². The van der Waals surface area contributed by atoms with Crippen molar-refractivity contribution in [2.75, 3.05) is 6.61 Å². The van der Waals surface area contributed by atoms with Crippen molar-refractivity contribution in [2.45, 2.75) is 27.7 Å². The van der Waals surface area contributed by atoms with Gasteiger partial charge in [0, 0.05) is 17.7 Å². The lowest BCUT2D eigenvalue weighted by Crippen LogP contribution is -2.11. The third kappa shape index (κ3) is 4.46. The molecule has 3 nitrogen and oxygen atoms in total. The minimum atomic E-state index is -0.359. The minimum absolute atomic E-state index is 0.0296. The summed E-state index contributed by atoms with van der Waals surface area (Å²) in [5, 5.41) is 0. The Bertz CT molecular complexity index is 267. The molecule has 0 amide bonds. The van der Waals surface area contributed by atoms with Crippen LogP contribution in [0.4, 0.5) is 0 Å². The fraction of sp³-hybridized carbons (Fsp3) is 0.600. The first-order chi connectivity index (χ1) is 6.36. The number of hydrogen-bond donors (Lipinski definition) is 1. The second-order valence-corrected chi connectivity index (χ2v) is 3.88. The minimum Gasteiger partial charge on any atom is -0.461 e. The Balaban J connectivity index is 4.43. The highest BCUT2D eigenvalue weighted by molar-refractivity contribution is 7.85. The molecule has 0 aromatic carbocycles. The summed E-state index contributed by atoms with van der Waals surface area (Å²) in [6.45, 7) is 6.79. The van der Waals surface area contributed by atoms with E-state index in [0.29, 0.717) is 10.5 Å². The second kappa shape index (κ2) is 5.86. The van der Waals surface area contributed by atoms with Crippen molar-refractivity contribution in [3.63, 3.8) is 0 Å². The maximum absolute atomic E-state index is 11.5. The molecule has 0 saturated carbocycles. The van der Waals surface area contributed by atoms with Crippen molar-refractivity contribution in [3.8, 4) is 0 Å². The molecule has 4 heteroatoms. The van der Waals surface area contributed by atoms with Gasteiger partial charge < -0.3 is 4.74 Å². The van der Waals surface area contributed by atoms with Gasteiger partial charge in [0.1, 0.15) is 6.61 Å². The van der Waals surface area contributed by atoms with E-state index in [9.17, 15) is 9.59 Å². The molecule has 0 rings (SSSR count). The maximum atomic E-state index is 11.5. The SMILES string of the molecule is CC(=O)OCC(C)=C(S)C(=O)C(C)C. The van der Waals surface area contributed by atoms with E-state index in [4.69, 9.17) is 4.74 Å². The molecule has 0 heterocycles. The van der Waals surface area contributed by atoms with Crippen molar-refractivity contribution in [1.29, 1.82) is 0 Å². The molecule has 80 valence electrons. The van der Waals surface area contributed by atoms with Gasteiger partial charge in [0.05, 0.1) is 0 Å². The highest BCUT2D eigenvalue weighted by Crippen LogP contribution is 2.15. The number of ketones is 1. The smallest absolute Gasteiger partial charge is 0.302 e. The molecule has 0 N–H and O–H groups in total. The summed E-state index contributed by atoms with van der Waals surface area (Å²) < 4.78 is 4.76. The number of allylic oxidation sites excluding steroid dienone is 1. The Morgan fingerprint density at radius 2 is 1.79 bits per heavy atom. The number of carbonyl (C=O) groups excluding carboxylic acids is 2. The van der Waals surface area contributed by atoms with Crippen LogP contribution in [0.1, 0.15) is 27.7 Å². The van der Waals surface area contributed by atoms with Crippen LogP contribution in [0.25, 0.3) is 0 Å². The molecule has 0 atom stereocenters. The van der Waals surface area contributed by atoms with E-state index in [1.807, 2.05) is 0 Å². The fourth-order valence-electron chi connectivity index (χ4n) is 0.762. The zero-order valence-corrected chi connectivity index (χ0v) is 9.85. The first-order valence-electron chi connectivity index (χ1n) is 4.42. The van der Waals surface area contributed by atoms with Crippen LogP contribution < -0.4 is 0 Å². The lowest BCUT2D eigenvalue weighted by Gasteiger charge is -2.08. The van der Waals surface area contributed by atoms with Crippen molar-refractivity contribution < 1.29 is 14.3 Å². The van der Waals surface area contributed by atoms with E-state index in [2.05, 4.69) is 12.6 Å². The number of thiol groups is 1. The summed E-state index contributed by atoms with van der Waals surface area (Å²) in [4.78, 5) is 22.4. The summed E-state index contributed by atoms with van der Waals surface area (Å²) in [5.74, 6) is -0.477. The molecule has 0 unspecified atom stereocenters. The highest BCUT2D eigenvalue weighted by Gasteiger charge is 2.13. The molecule has 0 aliphatic heterocycles. The van der Waals surface area contributed by atoms with Gasteiger partial charge in [-0.15, -0.1) is 12.6 Å². The molecular weight excluding hydrogens is 200 g/mol. The Hall–Kier alpha value is -0.770. The van der Waals surface area contributed by atoms with E-state index in [-0.39, 0.29) is 24.3 Å². The van der Waals surface area contributed by atoms with Crippen LogP contribution in [0, 0.1) is 5.92 Å². The topological polar surface area (TPSA) is 43.4 Å². The van der Waals surface area contributed by atoms with Crippen molar-refractivity contribution in [3.05, 3.63) is 10.5 Å². The standard InChI is InChI=1S/C10H16O3S/c1-6(2)9(12)10(14)7(3)5-13-8(4)11/h6,14H,5H2,1-4H3. The molecule has 0 fully saturated rings. The predicted molar refractivity (Wildman–Crippen MR) is 58.2 cm³/mol. The van der Waals surface area contributed by atoms with Crippen LogP contribution in [0.15, 0.2) is 10.5 Å². The lowest BCUT2D eigenvalue weighted by molar-refractivity contribution is -0.140. The van der Waals surface area contributed by atoms with Crippen LogP contribution in [-0.2, 0) is 14.3 Å². The average molecular weight is 216 g/mol. The molecule has 0 spiro atoms. The highest BCUT2D eigenvalue weighted by atomic mass is 32.1. The summed E-state index contributed by atoms with van der Waals surface area (Å²) in [6, 6.07) is 0. The van der Waals surface area contributed by atoms with Gasteiger partial charge in [-0.25, -0.2) is 0 Å². The van der Waals surface area contributed by atoms with Crippen LogP contribution >= 0.6 is 12.6 Å². The van der Waals surface area contributed by atoms with E-state index in [1.54, 1.807) is 20.8 Å². The maximum Gasteiger partial charge on any atom is 0.302 e. The van der Waals surface area contributed by atoms with Crippen molar-refractivity contribution in [2.24, 2.45) is 5.92 Å². The molecule has 0 aromatic heterocycles. The Kier molecular flexibility index (Phi) is 5.53. The normalized spacial score (nSPS) is 12.4. The first kappa shape index (κ1) is 13.2. The third-order valence-electron chi connectivity index (χ3n) is 1.65. The molecule has 14 heavy (non-hydrogen) atoms. The Labute approximate surface area is 89.9 Å². The van der Waals surface area contributed by atoms with Gasteiger partial charge in [0.15, 0.2) is 5.78 Å². The van der Waals surface area contributed by atoms with Crippen LogP contribution in [0.5, 0.6) is 0 Å². The molecule has 0 aliphatic carbocycles. The molecule has 0 bridgehead atoms. The van der Waals surface area contributed by atoms with Gasteiger partial charge in [-0.05, 0) is 12.5 Å². The largest absolute Gasteiger partial charge is 0.461 e. The summed E-state index contributed by atoms with van der Waals surface area (Å²) >= 11 is 4.10. The number of hydrogen-bond acceptors (Lipinski definition) is 4. The van der Waals surface area contributed by atoms with Crippen molar-refractivity contribution in [1.82, 2.24) is 0 Å². The lowest BCUT2D eigenvalue weighted by atomic mass is 10.1. The van der Waals surface area contributed by atoms with Crippen LogP contribution in [0.2, 0.25) is 0 Å². The number of esters is 1. The molecule has 0 saturated heterocycles. The molecule has 0 aromatic rings. The van der Waals surface area contributed by atoms with Crippen molar-refractivity contribution >= 4 is 24.4 Å². The van der Waals surface area contributed by atoms with Crippen LogP contribution in [0.3, 0.4) is 0 Å². The van der Waals surface area contributed by atoms with Gasteiger partial charge in [0.2, 0.25) is 0 Å². The number of rotatable bonds is 4. The van der Waals surface area contributed by atoms with E-state index in [1.165, 1.54) is 6.92 Å². The van der Waals surface area contributed by atoms with E-state index >= 15 is 0 Å². The molecular formula is C10H16O3S.